The number of aliphatic hydroxyl groups excluding tert-OH is 10. The molecule has 0 spiro atoms. The second kappa shape index (κ2) is 11.0. The lowest BCUT2D eigenvalue weighted by atomic mass is 9.97. The van der Waals surface area contributed by atoms with Gasteiger partial charge in [0.1, 0.15) is 67.1 Å². The summed E-state index contributed by atoms with van der Waals surface area (Å²) in [7, 11) is 0. The fourth-order valence-corrected chi connectivity index (χ4v) is 3.90. The summed E-state index contributed by atoms with van der Waals surface area (Å²) in [6.07, 6.45) is -23.6. The Bertz CT molecular complexity index is 624. The van der Waals surface area contributed by atoms with Crippen LogP contribution in [0.25, 0.3) is 0 Å². The Morgan fingerprint density at radius 1 is 0.606 bits per heavy atom. The lowest BCUT2D eigenvalue weighted by Gasteiger charge is -2.46. The Kier molecular flexibility index (Phi) is 8.99. The van der Waals surface area contributed by atoms with Crippen molar-refractivity contribution in [1.29, 1.82) is 0 Å². The maximum Gasteiger partial charge on any atom is 0.187 e. The van der Waals surface area contributed by atoms with E-state index in [1.807, 2.05) is 0 Å². The third kappa shape index (κ3) is 5.48. The summed E-state index contributed by atoms with van der Waals surface area (Å²) >= 11 is 0. The van der Waals surface area contributed by atoms with Crippen LogP contribution in [-0.2, 0) is 23.7 Å². The zero-order chi connectivity index (χ0) is 24.6. The third-order valence-electron chi connectivity index (χ3n) is 6.03. The molecule has 0 bridgehead atoms. The second-order valence-electron chi connectivity index (χ2n) is 8.36. The monoisotopic (exact) mass is 488 g/mol. The molecule has 0 aromatic heterocycles. The van der Waals surface area contributed by atoms with E-state index in [0.717, 1.165) is 0 Å². The molecule has 3 saturated heterocycles. The molecule has 194 valence electrons. The zero-order valence-electron chi connectivity index (χ0n) is 17.6. The largest absolute Gasteiger partial charge is 0.394 e. The van der Waals surface area contributed by atoms with Gasteiger partial charge in [-0.25, -0.2) is 0 Å². The molecule has 0 aromatic carbocycles. The molecule has 15 nitrogen and oxygen atoms in total. The molecule has 15 heteroatoms. The first-order chi connectivity index (χ1) is 15.5. The maximum atomic E-state index is 10.4. The van der Waals surface area contributed by atoms with Crippen molar-refractivity contribution in [2.75, 3.05) is 13.2 Å². The SMILES string of the molecule is C[C@@H]1O[C@@H](OC[C@H]2O[C@@H](O)[C@H](O)[C@@H](O)[C@@H]2O[C@H]2O[C@H](CO)[C@@H](O)[C@H](O)[C@H]2O)[C@H](O)[C@H](O)[C@H]1O. The average Bonchev–Trinajstić information content (AvgIpc) is 2.79. The van der Waals surface area contributed by atoms with Crippen LogP contribution in [0, 0.1) is 0 Å². The van der Waals surface area contributed by atoms with Gasteiger partial charge in [-0.05, 0) is 6.92 Å². The quantitative estimate of drug-likeness (QED) is 0.167. The fraction of sp³-hybridized carbons (Fsp3) is 1.00. The summed E-state index contributed by atoms with van der Waals surface area (Å²) in [5.74, 6) is 0. The van der Waals surface area contributed by atoms with Crippen molar-refractivity contribution in [2.24, 2.45) is 0 Å². The lowest BCUT2D eigenvalue weighted by molar-refractivity contribution is -0.362. The molecule has 3 rings (SSSR count). The summed E-state index contributed by atoms with van der Waals surface area (Å²) < 4.78 is 26.6. The Morgan fingerprint density at radius 3 is 1.85 bits per heavy atom. The van der Waals surface area contributed by atoms with Gasteiger partial charge in [-0.15, -0.1) is 0 Å². The van der Waals surface area contributed by atoms with E-state index < -0.39 is 105 Å². The molecule has 3 aliphatic heterocycles. The van der Waals surface area contributed by atoms with Crippen LogP contribution in [0.4, 0.5) is 0 Å². The highest BCUT2D eigenvalue weighted by Crippen LogP contribution is 2.30. The van der Waals surface area contributed by atoms with Gasteiger partial charge < -0.3 is 74.7 Å². The van der Waals surface area contributed by atoms with Crippen molar-refractivity contribution < 1.29 is 74.7 Å². The summed E-state index contributed by atoms with van der Waals surface area (Å²) in [5, 5.41) is 99.3. The van der Waals surface area contributed by atoms with E-state index in [4.69, 9.17) is 23.7 Å². The minimum absolute atomic E-state index is 0.541. The number of hydrogen-bond acceptors (Lipinski definition) is 15. The molecule has 15 atom stereocenters. The topological polar surface area (TPSA) is 248 Å². The first-order valence-corrected chi connectivity index (χ1v) is 10.4. The van der Waals surface area contributed by atoms with Gasteiger partial charge in [0.2, 0.25) is 0 Å². The molecule has 0 aliphatic carbocycles. The molecule has 3 heterocycles. The molecule has 0 unspecified atom stereocenters. The van der Waals surface area contributed by atoms with E-state index >= 15 is 0 Å². The Morgan fingerprint density at radius 2 is 1.21 bits per heavy atom. The molecular weight excluding hydrogens is 456 g/mol. The Hall–Kier alpha value is -0.600. The van der Waals surface area contributed by atoms with Crippen LogP contribution in [0.15, 0.2) is 0 Å². The molecule has 0 aromatic rings. The van der Waals surface area contributed by atoms with Crippen LogP contribution < -0.4 is 0 Å². The minimum Gasteiger partial charge on any atom is -0.394 e. The van der Waals surface area contributed by atoms with Crippen LogP contribution in [0.2, 0.25) is 0 Å². The molecule has 33 heavy (non-hydrogen) atoms. The Balaban J connectivity index is 1.71. The Labute approximate surface area is 187 Å². The number of rotatable bonds is 6. The van der Waals surface area contributed by atoms with Crippen LogP contribution in [-0.4, -0.2) is 156 Å². The highest BCUT2D eigenvalue weighted by molar-refractivity contribution is 4.94. The predicted octanol–water partition coefficient (Wildman–Crippen LogP) is -6.55. The highest BCUT2D eigenvalue weighted by atomic mass is 16.7. The minimum atomic E-state index is -1.87. The molecule has 3 fully saturated rings. The van der Waals surface area contributed by atoms with Crippen LogP contribution in [0.1, 0.15) is 6.92 Å². The van der Waals surface area contributed by atoms with Gasteiger partial charge in [-0.1, -0.05) is 0 Å². The molecular formula is C18H32O15. The average molecular weight is 488 g/mol. The smallest absolute Gasteiger partial charge is 0.187 e. The normalized spacial score (nSPS) is 53.7. The van der Waals surface area contributed by atoms with Crippen molar-refractivity contribution >= 4 is 0 Å². The van der Waals surface area contributed by atoms with E-state index in [1.165, 1.54) is 6.92 Å². The summed E-state index contributed by atoms with van der Waals surface area (Å²) in [6, 6.07) is 0. The van der Waals surface area contributed by atoms with Crippen LogP contribution in [0.5, 0.6) is 0 Å². The molecule has 0 saturated carbocycles. The van der Waals surface area contributed by atoms with Gasteiger partial charge in [0.15, 0.2) is 18.9 Å². The highest BCUT2D eigenvalue weighted by Gasteiger charge is 2.51. The van der Waals surface area contributed by atoms with Gasteiger partial charge in [0, 0.05) is 0 Å². The van der Waals surface area contributed by atoms with Gasteiger partial charge in [0.05, 0.1) is 19.3 Å². The van der Waals surface area contributed by atoms with Gasteiger partial charge in [-0.3, -0.25) is 0 Å². The maximum absolute atomic E-state index is 10.4. The van der Waals surface area contributed by atoms with E-state index in [2.05, 4.69) is 0 Å². The van der Waals surface area contributed by atoms with E-state index in [-0.39, 0.29) is 0 Å². The molecule has 0 radical (unpaired) electrons. The van der Waals surface area contributed by atoms with E-state index in [1.54, 1.807) is 0 Å². The van der Waals surface area contributed by atoms with Crippen molar-refractivity contribution in [3.8, 4) is 0 Å². The van der Waals surface area contributed by atoms with Crippen molar-refractivity contribution in [2.45, 2.75) is 99.0 Å². The van der Waals surface area contributed by atoms with E-state index in [9.17, 15) is 51.1 Å². The summed E-state index contributed by atoms with van der Waals surface area (Å²) in [5.41, 5.74) is 0. The number of ether oxygens (including phenoxy) is 5. The van der Waals surface area contributed by atoms with Gasteiger partial charge in [-0.2, -0.15) is 0 Å². The lowest BCUT2D eigenvalue weighted by Crippen LogP contribution is -2.65. The van der Waals surface area contributed by atoms with Crippen molar-refractivity contribution in [1.82, 2.24) is 0 Å². The van der Waals surface area contributed by atoms with Crippen LogP contribution >= 0.6 is 0 Å². The summed E-state index contributed by atoms with van der Waals surface area (Å²) in [4.78, 5) is 0. The van der Waals surface area contributed by atoms with E-state index in [0.29, 0.717) is 0 Å². The third-order valence-corrected chi connectivity index (χ3v) is 6.03. The predicted molar refractivity (Wildman–Crippen MR) is 99.8 cm³/mol. The number of hydrogen-bond donors (Lipinski definition) is 10. The molecule has 10 N–H and O–H groups in total. The summed E-state index contributed by atoms with van der Waals surface area (Å²) in [6.45, 7) is 0.161. The van der Waals surface area contributed by atoms with Crippen LogP contribution in [0.3, 0.4) is 0 Å². The first kappa shape index (κ1) is 27.0. The fourth-order valence-electron chi connectivity index (χ4n) is 3.90. The molecule has 3 aliphatic rings. The van der Waals surface area contributed by atoms with Crippen molar-refractivity contribution in [3.05, 3.63) is 0 Å². The first-order valence-electron chi connectivity index (χ1n) is 10.4. The standard InChI is InChI=1S/C18H32O15/c1-4-7(20)9(22)13(26)17(30-4)29-3-6-15(11(24)12(25)16(28)31-6)33-18-14(27)10(23)8(21)5(2-19)32-18/h4-28H,2-3H2,1H3/t4-,5+,6+,7-,8+,9+,10-,11+,12+,13+,14+,15+,16+,17+,18+/m0/s1. The zero-order valence-corrected chi connectivity index (χ0v) is 17.6. The number of aliphatic hydroxyl groups is 10. The molecule has 0 amide bonds. The van der Waals surface area contributed by atoms with Crippen molar-refractivity contribution in [3.63, 3.8) is 0 Å². The van der Waals surface area contributed by atoms with Gasteiger partial charge >= 0.3 is 0 Å². The van der Waals surface area contributed by atoms with Gasteiger partial charge in [0.25, 0.3) is 0 Å². The second-order valence-corrected chi connectivity index (χ2v) is 8.36.